The van der Waals surface area contributed by atoms with Crippen molar-refractivity contribution in [2.24, 2.45) is 0 Å². The van der Waals surface area contributed by atoms with Gasteiger partial charge in [-0.25, -0.2) is 9.78 Å². The Morgan fingerprint density at radius 3 is 2.60 bits per heavy atom. The first kappa shape index (κ1) is 16.4. The van der Waals surface area contributed by atoms with Crippen molar-refractivity contribution in [3.8, 4) is 0 Å². The summed E-state index contributed by atoms with van der Waals surface area (Å²) in [7, 11) is 0. The molecular formula is C17H17N5O3. The van der Waals surface area contributed by atoms with E-state index in [2.05, 4.69) is 20.9 Å². The number of urea groups is 1. The van der Waals surface area contributed by atoms with Crippen LogP contribution in [0.25, 0.3) is 0 Å². The van der Waals surface area contributed by atoms with Gasteiger partial charge in [0, 0.05) is 18.7 Å². The molecule has 0 saturated carbocycles. The Hall–Kier alpha value is -3.42. The number of carbonyl (C=O) groups excluding carboxylic acids is 3. The lowest BCUT2D eigenvalue weighted by Crippen LogP contribution is -2.51. The van der Waals surface area contributed by atoms with Crippen molar-refractivity contribution in [1.29, 1.82) is 0 Å². The summed E-state index contributed by atoms with van der Waals surface area (Å²) < 4.78 is 0. The van der Waals surface area contributed by atoms with Crippen LogP contribution in [0.15, 0.2) is 48.7 Å². The van der Waals surface area contributed by atoms with E-state index in [9.17, 15) is 14.4 Å². The molecule has 1 aromatic carbocycles. The van der Waals surface area contributed by atoms with E-state index < -0.39 is 6.03 Å². The number of nitrogens with one attached hydrogen (secondary N) is 3. The van der Waals surface area contributed by atoms with Crippen LogP contribution in [-0.4, -0.2) is 40.8 Å². The molecule has 2 heterocycles. The third-order valence-corrected chi connectivity index (χ3v) is 3.57. The summed E-state index contributed by atoms with van der Waals surface area (Å²) in [6.07, 6.45) is 1.73. The zero-order valence-corrected chi connectivity index (χ0v) is 13.4. The molecule has 3 rings (SSSR count). The maximum atomic E-state index is 12.0. The molecule has 8 heteroatoms. The van der Waals surface area contributed by atoms with Crippen molar-refractivity contribution in [2.45, 2.75) is 6.42 Å². The molecule has 1 saturated heterocycles. The van der Waals surface area contributed by atoms with Gasteiger partial charge in [-0.15, -0.1) is 0 Å². The van der Waals surface area contributed by atoms with Crippen LogP contribution in [0.4, 0.5) is 22.0 Å². The number of pyridine rings is 1. The molecule has 25 heavy (non-hydrogen) atoms. The number of aromatic nitrogens is 1. The summed E-state index contributed by atoms with van der Waals surface area (Å²) in [6.45, 7) is 0.111. The van der Waals surface area contributed by atoms with Gasteiger partial charge in [-0.05, 0) is 24.3 Å². The second kappa shape index (κ2) is 7.43. The molecule has 0 spiro atoms. The Morgan fingerprint density at radius 1 is 1.12 bits per heavy atom. The number of rotatable bonds is 5. The average Bonchev–Trinajstić information content (AvgIpc) is 2.60. The fourth-order valence-corrected chi connectivity index (χ4v) is 2.33. The third kappa shape index (κ3) is 4.54. The van der Waals surface area contributed by atoms with Crippen molar-refractivity contribution < 1.29 is 14.4 Å². The first-order valence-corrected chi connectivity index (χ1v) is 7.77. The average molecular weight is 339 g/mol. The van der Waals surface area contributed by atoms with Crippen molar-refractivity contribution in [2.75, 3.05) is 23.7 Å². The maximum Gasteiger partial charge on any atom is 0.324 e. The van der Waals surface area contributed by atoms with Gasteiger partial charge in [0.05, 0.1) is 11.9 Å². The topological polar surface area (TPSA) is 103 Å². The molecule has 3 N–H and O–H groups in total. The number of imide groups is 1. The van der Waals surface area contributed by atoms with Gasteiger partial charge in [0.1, 0.15) is 12.4 Å². The zero-order valence-electron chi connectivity index (χ0n) is 13.4. The highest BCUT2D eigenvalue weighted by molar-refractivity contribution is 6.00. The Balaban J connectivity index is 1.53. The first-order valence-electron chi connectivity index (χ1n) is 7.77. The molecule has 0 unspecified atom stereocenters. The minimum atomic E-state index is -0.549. The smallest absolute Gasteiger partial charge is 0.324 e. The number of nitrogens with zero attached hydrogens (tertiary/aromatic N) is 2. The number of hydrogen-bond donors (Lipinski definition) is 3. The third-order valence-electron chi connectivity index (χ3n) is 3.57. The molecule has 1 aliphatic rings. The van der Waals surface area contributed by atoms with E-state index in [0.29, 0.717) is 11.5 Å². The Bertz CT molecular complexity index is 777. The lowest BCUT2D eigenvalue weighted by atomic mass is 10.3. The molecule has 0 radical (unpaired) electrons. The second-order valence-corrected chi connectivity index (χ2v) is 5.50. The maximum absolute atomic E-state index is 12.0. The van der Waals surface area contributed by atoms with E-state index >= 15 is 0 Å². The summed E-state index contributed by atoms with van der Waals surface area (Å²) in [5.41, 5.74) is 1.44. The monoisotopic (exact) mass is 339 g/mol. The summed E-state index contributed by atoms with van der Waals surface area (Å²) >= 11 is 0. The van der Waals surface area contributed by atoms with E-state index in [-0.39, 0.29) is 31.3 Å². The predicted octanol–water partition coefficient (Wildman–Crippen LogP) is 1.71. The highest BCUT2D eigenvalue weighted by Gasteiger charge is 2.24. The largest absolute Gasteiger partial charge is 0.340 e. The minimum Gasteiger partial charge on any atom is -0.340 e. The van der Waals surface area contributed by atoms with Gasteiger partial charge < -0.3 is 15.5 Å². The van der Waals surface area contributed by atoms with Crippen LogP contribution in [0.1, 0.15) is 6.42 Å². The van der Waals surface area contributed by atoms with Crippen molar-refractivity contribution in [3.63, 3.8) is 0 Å². The van der Waals surface area contributed by atoms with Crippen molar-refractivity contribution in [1.82, 2.24) is 15.2 Å². The fraction of sp³-hybridized carbons (Fsp3) is 0.176. The molecule has 0 atom stereocenters. The van der Waals surface area contributed by atoms with E-state index in [1.54, 1.807) is 12.1 Å². The SMILES string of the molecule is O=C1CCN(CC(=O)Nc2ccc(Nc3ccccc3)nc2)C(=O)N1. The van der Waals surface area contributed by atoms with E-state index in [0.717, 1.165) is 5.69 Å². The van der Waals surface area contributed by atoms with Crippen LogP contribution in [-0.2, 0) is 9.59 Å². The molecular weight excluding hydrogens is 322 g/mol. The van der Waals surface area contributed by atoms with Crippen molar-refractivity contribution in [3.05, 3.63) is 48.7 Å². The summed E-state index contributed by atoms with van der Waals surface area (Å²) in [6, 6.07) is 12.5. The molecule has 4 amide bonds. The zero-order chi connectivity index (χ0) is 17.6. The lowest BCUT2D eigenvalue weighted by Gasteiger charge is -2.25. The quantitative estimate of drug-likeness (QED) is 0.769. The normalized spacial score (nSPS) is 14.0. The van der Waals surface area contributed by atoms with Crippen LogP contribution in [0.2, 0.25) is 0 Å². The standard InChI is InChI=1S/C17H17N5O3/c23-15-8-9-22(17(25)21-15)11-16(24)20-13-6-7-14(18-10-13)19-12-4-2-1-3-5-12/h1-7,10H,8-9,11H2,(H,18,19)(H,20,24)(H,21,23,25). The van der Waals surface area contributed by atoms with Crippen LogP contribution in [0, 0.1) is 0 Å². The van der Waals surface area contributed by atoms with Gasteiger partial charge in [-0.1, -0.05) is 18.2 Å². The molecule has 0 bridgehead atoms. The summed E-state index contributed by atoms with van der Waals surface area (Å²) in [5.74, 6) is -0.0273. The molecule has 1 aliphatic heterocycles. The van der Waals surface area contributed by atoms with E-state index in [1.807, 2.05) is 30.3 Å². The molecule has 1 aromatic heterocycles. The summed E-state index contributed by atoms with van der Waals surface area (Å²) in [5, 5.41) is 8.00. The Morgan fingerprint density at radius 2 is 1.92 bits per heavy atom. The van der Waals surface area contributed by atoms with Crippen LogP contribution in [0.3, 0.4) is 0 Å². The molecule has 2 aromatic rings. The number of benzene rings is 1. The fourth-order valence-electron chi connectivity index (χ4n) is 2.33. The summed E-state index contributed by atoms with van der Waals surface area (Å²) in [4.78, 5) is 40.2. The highest BCUT2D eigenvalue weighted by atomic mass is 16.2. The van der Waals surface area contributed by atoms with Crippen LogP contribution >= 0.6 is 0 Å². The number of anilines is 3. The molecule has 8 nitrogen and oxygen atoms in total. The van der Waals surface area contributed by atoms with Crippen molar-refractivity contribution >= 4 is 35.0 Å². The highest BCUT2D eigenvalue weighted by Crippen LogP contribution is 2.15. The number of carbonyl (C=O) groups is 3. The molecule has 1 fully saturated rings. The number of para-hydroxylation sites is 1. The number of hydrogen-bond acceptors (Lipinski definition) is 5. The predicted molar refractivity (Wildman–Crippen MR) is 92.3 cm³/mol. The molecule has 0 aliphatic carbocycles. The lowest BCUT2D eigenvalue weighted by molar-refractivity contribution is -0.123. The molecule has 128 valence electrons. The van der Waals surface area contributed by atoms with Gasteiger partial charge in [0.15, 0.2) is 0 Å². The van der Waals surface area contributed by atoms with E-state index in [4.69, 9.17) is 0 Å². The van der Waals surface area contributed by atoms with Gasteiger partial charge in [-0.3, -0.25) is 14.9 Å². The first-order chi connectivity index (χ1) is 12.1. The van der Waals surface area contributed by atoms with Gasteiger partial charge in [0.2, 0.25) is 11.8 Å². The van der Waals surface area contributed by atoms with Gasteiger partial charge in [-0.2, -0.15) is 0 Å². The van der Waals surface area contributed by atoms with Gasteiger partial charge in [0.25, 0.3) is 0 Å². The van der Waals surface area contributed by atoms with E-state index in [1.165, 1.54) is 11.1 Å². The van der Waals surface area contributed by atoms with Gasteiger partial charge >= 0.3 is 6.03 Å². The Labute approximate surface area is 144 Å². The second-order valence-electron chi connectivity index (χ2n) is 5.50. The van der Waals surface area contributed by atoms with Crippen LogP contribution < -0.4 is 16.0 Å². The number of amides is 4. The Kier molecular flexibility index (Phi) is 4.89. The minimum absolute atomic E-state index is 0.122. The van der Waals surface area contributed by atoms with Crippen LogP contribution in [0.5, 0.6) is 0 Å².